The van der Waals surface area contributed by atoms with Crippen LogP contribution in [0.25, 0.3) is 5.76 Å². The van der Waals surface area contributed by atoms with Crippen LogP contribution >= 0.6 is 23.2 Å². The maximum atomic E-state index is 13.3. The normalized spacial score (nSPS) is 17.1. The van der Waals surface area contributed by atoms with Crippen LogP contribution in [0.1, 0.15) is 36.6 Å². The van der Waals surface area contributed by atoms with Crippen LogP contribution in [0.2, 0.25) is 10.0 Å². The zero-order chi connectivity index (χ0) is 26.0. The average Bonchev–Trinajstić information content (AvgIpc) is 3.10. The lowest BCUT2D eigenvalue weighted by molar-refractivity contribution is -0.140. The van der Waals surface area contributed by atoms with E-state index in [9.17, 15) is 14.7 Å². The molecule has 1 heterocycles. The van der Waals surface area contributed by atoms with Crippen LogP contribution in [0, 0.1) is 0 Å². The molecule has 3 aromatic carbocycles. The highest BCUT2D eigenvalue weighted by Gasteiger charge is 2.46. The van der Waals surface area contributed by atoms with Crippen molar-refractivity contribution in [3.05, 3.63) is 99.0 Å². The summed E-state index contributed by atoms with van der Waals surface area (Å²) >= 11 is 12.2. The van der Waals surface area contributed by atoms with E-state index in [-0.39, 0.29) is 34.6 Å². The molecule has 1 unspecified atom stereocenters. The number of carbonyl (C=O) groups excluding carboxylic acids is 2. The van der Waals surface area contributed by atoms with Gasteiger partial charge in [-0.1, -0.05) is 47.5 Å². The van der Waals surface area contributed by atoms with Gasteiger partial charge >= 0.3 is 0 Å². The van der Waals surface area contributed by atoms with Crippen LogP contribution in [0.15, 0.2) is 72.3 Å². The Labute approximate surface area is 219 Å². The number of aliphatic hydroxyl groups is 1. The van der Waals surface area contributed by atoms with Crippen LogP contribution in [-0.4, -0.2) is 34.9 Å². The Morgan fingerprint density at radius 2 is 1.69 bits per heavy atom. The van der Waals surface area contributed by atoms with Crippen molar-refractivity contribution in [1.29, 1.82) is 0 Å². The standard InChI is InChI=1S/C28H25Cl2NO5/c1-16(2)36-21-6-4-5-18(13-21)25-24(26(32)19-9-12-22(29)23(30)14-19)27(33)28(34)31(25)15-17-7-10-20(35-3)11-8-17/h4-14,16,25,32H,15H2,1-3H3/b26-24-. The van der Waals surface area contributed by atoms with Crippen LogP contribution < -0.4 is 9.47 Å². The van der Waals surface area contributed by atoms with Crippen molar-refractivity contribution in [2.45, 2.75) is 32.5 Å². The molecule has 36 heavy (non-hydrogen) atoms. The molecule has 0 spiro atoms. The van der Waals surface area contributed by atoms with Crippen LogP contribution in [0.4, 0.5) is 0 Å². The third-order valence-corrected chi connectivity index (χ3v) is 6.53. The molecule has 0 aliphatic carbocycles. The number of likely N-dealkylation sites (tertiary alicyclic amines) is 1. The third-order valence-electron chi connectivity index (χ3n) is 5.79. The van der Waals surface area contributed by atoms with Gasteiger partial charge in [-0.2, -0.15) is 0 Å². The van der Waals surface area contributed by atoms with Crippen molar-refractivity contribution in [1.82, 2.24) is 4.90 Å². The summed E-state index contributed by atoms with van der Waals surface area (Å²) in [5.41, 5.74) is 1.68. The van der Waals surface area contributed by atoms with Crippen molar-refractivity contribution in [3.63, 3.8) is 0 Å². The number of halogens is 2. The molecule has 186 valence electrons. The van der Waals surface area contributed by atoms with E-state index in [0.29, 0.717) is 22.1 Å². The summed E-state index contributed by atoms with van der Waals surface area (Å²) in [6.45, 7) is 3.96. The lowest BCUT2D eigenvalue weighted by atomic mass is 9.95. The average molecular weight is 526 g/mol. The van der Waals surface area contributed by atoms with E-state index in [4.69, 9.17) is 32.7 Å². The van der Waals surface area contributed by atoms with E-state index >= 15 is 0 Å². The van der Waals surface area contributed by atoms with Gasteiger partial charge in [0.05, 0.1) is 34.9 Å². The van der Waals surface area contributed by atoms with Gasteiger partial charge in [-0.3, -0.25) is 9.59 Å². The number of hydrogen-bond acceptors (Lipinski definition) is 5. The quantitative estimate of drug-likeness (QED) is 0.219. The Morgan fingerprint density at radius 3 is 2.33 bits per heavy atom. The molecule has 1 atom stereocenters. The molecule has 0 aromatic heterocycles. The molecule has 1 N–H and O–H groups in total. The second-order valence-corrected chi connectivity index (χ2v) is 9.46. The van der Waals surface area contributed by atoms with Gasteiger partial charge in [0.1, 0.15) is 17.3 Å². The highest BCUT2D eigenvalue weighted by atomic mass is 35.5. The van der Waals surface area contributed by atoms with E-state index < -0.39 is 17.7 Å². The summed E-state index contributed by atoms with van der Waals surface area (Å²) in [5, 5.41) is 11.8. The molecular formula is C28H25Cl2NO5. The predicted octanol–water partition coefficient (Wildman–Crippen LogP) is 6.41. The summed E-state index contributed by atoms with van der Waals surface area (Å²) in [6.07, 6.45) is -0.0675. The van der Waals surface area contributed by atoms with E-state index in [0.717, 1.165) is 5.56 Å². The number of hydrogen-bond donors (Lipinski definition) is 1. The largest absolute Gasteiger partial charge is 0.507 e. The van der Waals surface area contributed by atoms with Crippen LogP contribution in [0.3, 0.4) is 0 Å². The van der Waals surface area contributed by atoms with Gasteiger partial charge in [0.2, 0.25) is 0 Å². The fourth-order valence-electron chi connectivity index (χ4n) is 4.15. The van der Waals surface area contributed by atoms with Crippen molar-refractivity contribution in [3.8, 4) is 11.5 Å². The lowest BCUT2D eigenvalue weighted by Crippen LogP contribution is -2.29. The monoisotopic (exact) mass is 525 g/mol. The topological polar surface area (TPSA) is 76.1 Å². The fourth-order valence-corrected chi connectivity index (χ4v) is 4.44. The maximum absolute atomic E-state index is 13.3. The van der Waals surface area contributed by atoms with E-state index in [2.05, 4.69) is 0 Å². The predicted molar refractivity (Wildman–Crippen MR) is 140 cm³/mol. The molecule has 3 aromatic rings. The highest BCUT2D eigenvalue weighted by molar-refractivity contribution is 6.46. The minimum absolute atomic E-state index is 0.0337. The summed E-state index contributed by atoms with van der Waals surface area (Å²) in [7, 11) is 1.57. The molecule has 0 saturated carbocycles. The zero-order valence-corrected chi connectivity index (χ0v) is 21.5. The summed E-state index contributed by atoms with van der Waals surface area (Å²) in [5.74, 6) is -0.563. The Kier molecular flexibility index (Phi) is 7.57. The number of amides is 1. The first-order valence-corrected chi connectivity index (χ1v) is 12.1. The summed E-state index contributed by atoms with van der Waals surface area (Å²) in [4.78, 5) is 28.0. The molecule has 6 nitrogen and oxygen atoms in total. The van der Waals surface area contributed by atoms with Crippen molar-refractivity contribution < 1.29 is 24.2 Å². The van der Waals surface area contributed by atoms with Gasteiger partial charge in [-0.25, -0.2) is 0 Å². The molecule has 8 heteroatoms. The highest BCUT2D eigenvalue weighted by Crippen LogP contribution is 2.41. The Morgan fingerprint density at radius 1 is 0.972 bits per heavy atom. The van der Waals surface area contributed by atoms with Gasteiger partial charge in [-0.15, -0.1) is 0 Å². The van der Waals surface area contributed by atoms with Gasteiger partial charge < -0.3 is 19.5 Å². The number of ketones is 1. The second kappa shape index (κ2) is 10.6. The lowest BCUT2D eigenvalue weighted by Gasteiger charge is -2.26. The molecule has 4 rings (SSSR count). The number of benzene rings is 3. The van der Waals surface area contributed by atoms with Crippen molar-refractivity contribution in [2.24, 2.45) is 0 Å². The molecule has 0 bridgehead atoms. The first-order valence-electron chi connectivity index (χ1n) is 11.3. The molecule has 1 saturated heterocycles. The van der Waals surface area contributed by atoms with Gasteiger partial charge in [-0.05, 0) is 67.4 Å². The maximum Gasteiger partial charge on any atom is 0.295 e. The third kappa shape index (κ3) is 5.20. The van der Waals surface area contributed by atoms with Gasteiger partial charge in [0, 0.05) is 12.1 Å². The molecule has 1 fully saturated rings. The number of methoxy groups -OCH3 is 1. The first kappa shape index (κ1) is 25.6. The number of Topliss-reactive ketones (excluding diaryl/α,β-unsaturated/α-hetero) is 1. The number of aliphatic hydroxyl groups excluding tert-OH is 1. The van der Waals surface area contributed by atoms with Crippen LogP contribution in [-0.2, 0) is 16.1 Å². The van der Waals surface area contributed by atoms with Crippen molar-refractivity contribution in [2.75, 3.05) is 7.11 Å². The number of nitrogens with zero attached hydrogens (tertiary/aromatic N) is 1. The minimum atomic E-state index is -0.850. The Hall–Kier alpha value is -3.48. The number of ether oxygens (including phenoxy) is 2. The van der Waals surface area contributed by atoms with Crippen LogP contribution in [0.5, 0.6) is 11.5 Å². The van der Waals surface area contributed by atoms with E-state index in [1.165, 1.54) is 17.0 Å². The molecule has 0 radical (unpaired) electrons. The Balaban J connectivity index is 1.85. The molecule has 1 aliphatic heterocycles. The second-order valence-electron chi connectivity index (χ2n) is 8.64. The van der Waals surface area contributed by atoms with E-state index in [1.807, 2.05) is 26.0 Å². The molecule has 1 amide bonds. The summed E-state index contributed by atoms with van der Waals surface area (Å²) in [6, 6.07) is 18.1. The van der Waals surface area contributed by atoms with Gasteiger partial charge in [0.15, 0.2) is 0 Å². The number of carbonyl (C=O) groups is 2. The molecule has 1 aliphatic rings. The number of rotatable bonds is 7. The van der Waals surface area contributed by atoms with E-state index in [1.54, 1.807) is 49.6 Å². The first-order chi connectivity index (χ1) is 17.2. The van der Waals surface area contributed by atoms with Gasteiger partial charge in [0.25, 0.3) is 11.7 Å². The Bertz CT molecular complexity index is 1330. The molecular weight excluding hydrogens is 501 g/mol. The minimum Gasteiger partial charge on any atom is -0.507 e. The SMILES string of the molecule is COc1ccc(CN2C(=O)C(=O)/C(=C(\O)c3ccc(Cl)c(Cl)c3)C2c2cccc(OC(C)C)c2)cc1. The zero-order valence-electron chi connectivity index (χ0n) is 20.0. The smallest absolute Gasteiger partial charge is 0.295 e. The summed E-state index contributed by atoms with van der Waals surface area (Å²) < 4.78 is 11.1. The fraction of sp³-hybridized carbons (Fsp3) is 0.214. The van der Waals surface area contributed by atoms with Crippen molar-refractivity contribution >= 4 is 40.7 Å².